The molecule has 0 saturated carbocycles. The average Bonchev–Trinajstić information content (AvgIpc) is 2.83. The third kappa shape index (κ3) is 3.29. The minimum atomic E-state index is -0.357. The van der Waals surface area contributed by atoms with Crippen LogP contribution >= 0.6 is 0 Å². The van der Waals surface area contributed by atoms with Crippen LogP contribution in [0.15, 0.2) is 24.5 Å². The molecule has 2 atom stereocenters. The van der Waals surface area contributed by atoms with Gasteiger partial charge in [-0.25, -0.2) is 0 Å². The lowest BCUT2D eigenvalue weighted by Gasteiger charge is -2.12. The van der Waals surface area contributed by atoms with Crippen molar-refractivity contribution in [2.75, 3.05) is 6.61 Å². The number of aliphatic hydroxyl groups is 1. The van der Waals surface area contributed by atoms with Crippen molar-refractivity contribution in [3.05, 3.63) is 30.1 Å². The lowest BCUT2D eigenvalue weighted by Crippen LogP contribution is -2.06. The van der Waals surface area contributed by atoms with Gasteiger partial charge in [0.25, 0.3) is 0 Å². The minimum Gasteiger partial charge on any atom is -0.388 e. The fourth-order valence-electron chi connectivity index (χ4n) is 2.16. The lowest BCUT2D eigenvalue weighted by molar-refractivity contribution is 0.0944. The van der Waals surface area contributed by atoms with E-state index in [-0.39, 0.29) is 6.10 Å². The van der Waals surface area contributed by atoms with Gasteiger partial charge in [-0.3, -0.25) is 4.98 Å². The molecule has 0 amide bonds. The van der Waals surface area contributed by atoms with E-state index in [1.54, 1.807) is 12.4 Å². The van der Waals surface area contributed by atoms with E-state index in [0.717, 1.165) is 31.4 Å². The van der Waals surface area contributed by atoms with Gasteiger partial charge in [-0.1, -0.05) is 0 Å². The Labute approximate surface area is 96.5 Å². The van der Waals surface area contributed by atoms with Crippen LogP contribution in [0.25, 0.3) is 0 Å². The maximum Gasteiger partial charge on any atom is 0.0791 e. The molecule has 1 aromatic rings. The van der Waals surface area contributed by atoms with Crippen LogP contribution in [0.1, 0.15) is 43.8 Å². The number of nitrogens with zero attached hydrogens (tertiary/aromatic N) is 1. The second-order valence-corrected chi connectivity index (χ2v) is 4.36. The monoisotopic (exact) mass is 221 g/mol. The van der Waals surface area contributed by atoms with E-state index in [1.807, 2.05) is 12.1 Å². The van der Waals surface area contributed by atoms with Crippen molar-refractivity contribution in [1.82, 2.24) is 4.98 Å². The smallest absolute Gasteiger partial charge is 0.0791 e. The molecule has 1 aliphatic rings. The van der Waals surface area contributed by atoms with Crippen LogP contribution in [0.3, 0.4) is 0 Å². The van der Waals surface area contributed by atoms with Crippen molar-refractivity contribution < 1.29 is 9.84 Å². The average molecular weight is 221 g/mol. The second-order valence-electron chi connectivity index (χ2n) is 4.36. The van der Waals surface area contributed by atoms with Crippen molar-refractivity contribution in [2.45, 2.75) is 44.3 Å². The Morgan fingerprint density at radius 2 is 2.25 bits per heavy atom. The molecule has 1 saturated heterocycles. The summed E-state index contributed by atoms with van der Waals surface area (Å²) in [6, 6.07) is 3.74. The lowest BCUT2D eigenvalue weighted by atomic mass is 10.0. The van der Waals surface area contributed by atoms with E-state index in [4.69, 9.17) is 4.74 Å². The summed E-state index contributed by atoms with van der Waals surface area (Å²) in [4.78, 5) is 3.94. The Morgan fingerprint density at radius 1 is 1.44 bits per heavy atom. The molecule has 1 N–H and O–H groups in total. The molecule has 0 spiro atoms. The van der Waals surface area contributed by atoms with Crippen LogP contribution in [0.2, 0.25) is 0 Å². The summed E-state index contributed by atoms with van der Waals surface area (Å²) in [5, 5.41) is 9.93. The molecule has 2 heterocycles. The molecular weight excluding hydrogens is 202 g/mol. The molecule has 3 heteroatoms. The SMILES string of the molecule is OC(CCCC1CCCO1)c1ccncc1. The fraction of sp³-hybridized carbons (Fsp3) is 0.615. The van der Waals surface area contributed by atoms with E-state index >= 15 is 0 Å². The normalized spacial score (nSPS) is 22.2. The molecule has 1 fully saturated rings. The van der Waals surface area contributed by atoms with Gasteiger partial charge in [0.2, 0.25) is 0 Å². The summed E-state index contributed by atoms with van der Waals surface area (Å²) < 4.78 is 5.55. The van der Waals surface area contributed by atoms with Gasteiger partial charge in [-0.05, 0) is 49.8 Å². The molecule has 0 aliphatic carbocycles. The number of pyridine rings is 1. The van der Waals surface area contributed by atoms with Crippen LogP contribution in [-0.2, 0) is 4.74 Å². The van der Waals surface area contributed by atoms with E-state index in [0.29, 0.717) is 6.10 Å². The zero-order valence-electron chi connectivity index (χ0n) is 9.51. The second kappa shape index (κ2) is 5.97. The summed E-state index contributed by atoms with van der Waals surface area (Å²) in [7, 11) is 0. The van der Waals surface area contributed by atoms with Crippen molar-refractivity contribution >= 4 is 0 Å². The first-order valence-electron chi connectivity index (χ1n) is 6.06. The summed E-state index contributed by atoms with van der Waals surface area (Å²) in [5.74, 6) is 0. The Hall–Kier alpha value is -0.930. The summed E-state index contributed by atoms with van der Waals surface area (Å²) in [5.41, 5.74) is 0.961. The van der Waals surface area contributed by atoms with Gasteiger partial charge in [-0.2, -0.15) is 0 Å². The quantitative estimate of drug-likeness (QED) is 0.830. The molecule has 1 aliphatic heterocycles. The molecule has 2 rings (SSSR count). The van der Waals surface area contributed by atoms with E-state index < -0.39 is 0 Å². The topological polar surface area (TPSA) is 42.4 Å². The Kier molecular flexibility index (Phi) is 4.31. The molecule has 2 unspecified atom stereocenters. The number of aromatic nitrogens is 1. The highest BCUT2D eigenvalue weighted by Crippen LogP contribution is 2.22. The zero-order chi connectivity index (χ0) is 11.2. The number of ether oxygens (including phenoxy) is 1. The molecular formula is C13H19NO2. The largest absolute Gasteiger partial charge is 0.388 e. The molecule has 88 valence electrons. The predicted molar refractivity (Wildman–Crippen MR) is 62.0 cm³/mol. The Morgan fingerprint density at radius 3 is 2.94 bits per heavy atom. The summed E-state index contributed by atoms with van der Waals surface area (Å²) >= 11 is 0. The predicted octanol–water partition coefficient (Wildman–Crippen LogP) is 2.46. The van der Waals surface area contributed by atoms with Gasteiger partial charge in [-0.15, -0.1) is 0 Å². The van der Waals surface area contributed by atoms with E-state index in [2.05, 4.69) is 4.98 Å². The summed E-state index contributed by atoms with van der Waals surface area (Å²) in [6.45, 7) is 0.914. The Balaban J connectivity index is 1.69. The van der Waals surface area contributed by atoms with Crippen molar-refractivity contribution in [3.8, 4) is 0 Å². The number of rotatable bonds is 5. The van der Waals surface area contributed by atoms with Gasteiger partial charge in [0, 0.05) is 19.0 Å². The minimum absolute atomic E-state index is 0.357. The first-order valence-corrected chi connectivity index (χ1v) is 6.06. The first kappa shape index (κ1) is 11.6. The number of hydrogen-bond acceptors (Lipinski definition) is 3. The molecule has 3 nitrogen and oxygen atoms in total. The molecule has 1 aromatic heterocycles. The highest BCUT2D eigenvalue weighted by Gasteiger charge is 2.15. The molecule has 16 heavy (non-hydrogen) atoms. The molecule has 0 aromatic carbocycles. The Bertz CT molecular complexity index is 296. The van der Waals surface area contributed by atoms with Crippen LogP contribution in [0, 0.1) is 0 Å². The van der Waals surface area contributed by atoms with Crippen molar-refractivity contribution in [1.29, 1.82) is 0 Å². The highest BCUT2D eigenvalue weighted by molar-refractivity contribution is 5.12. The van der Waals surface area contributed by atoms with Gasteiger partial charge in [0.15, 0.2) is 0 Å². The fourth-order valence-corrected chi connectivity index (χ4v) is 2.16. The van der Waals surface area contributed by atoms with Crippen molar-refractivity contribution in [2.24, 2.45) is 0 Å². The van der Waals surface area contributed by atoms with Gasteiger partial charge in [0.05, 0.1) is 12.2 Å². The van der Waals surface area contributed by atoms with Crippen molar-refractivity contribution in [3.63, 3.8) is 0 Å². The molecule has 0 bridgehead atoms. The number of hydrogen-bond donors (Lipinski definition) is 1. The standard InChI is InChI=1S/C13H19NO2/c15-13(11-6-8-14-9-7-11)5-1-3-12-4-2-10-16-12/h6-9,12-13,15H,1-5,10H2. The van der Waals surface area contributed by atoms with E-state index in [1.165, 1.54) is 12.8 Å². The number of aliphatic hydroxyl groups excluding tert-OH is 1. The zero-order valence-corrected chi connectivity index (χ0v) is 9.51. The maximum absolute atomic E-state index is 9.93. The van der Waals surface area contributed by atoms with Crippen LogP contribution in [0.4, 0.5) is 0 Å². The van der Waals surface area contributed by atoms with Gasteiger partial charge >= 0.3 is 0 Å². The van der Waals surface area contributed by atoms with Crippen LogP contribution in [0.5, 0.6) is 0 Å². The third-order valence-corrected chi connectivity index (χ3v) is 3.12. The van der Waals surface area contributed by atoms with Crippen LogP contribution < -0.4 is 0 Å². The van der Waals surface area contributed by atoms with Gasteiger partial charge < -0.3 is 9.84 Å². The highest BCUT2D eigenvalue weighted by atomic mass is 16.5. The molecule has 0 radical (unpaired) electrons. The first-order chi connectivity index (χ1) is 7.86. The summed E-state index contributed by atoms with van der Waals surface area (Å²) in [6.07, 6.45) is 8.80. The van der Waals surface area contributed by atoms with Crippen LogP contribution in [-0.4, -0.2) is 22.8 Å². The van der Waals surface area contributed by atoms with E-state index in [9.17, 15) is 5.11 Å². The third-order valence-electron chi connectivity index (χ3n) is 3.12. The maximum atomic E-state index is 9.93. The van der Waals surface area contributed by atoms with Gasteiger partial charge in [0.1, 0.15) is 0 Å².